The Morgan fingerprint density at radius 2 is 1.73 bits per heavy atom. The van der Waals surface area contributed by atoms with E-state index in [0.29, 0.717) is 18.0 Å². The number of rotatable bonds is 7. The maximum absolute atomic E-state index is 12.4. The summed E-state index contributed by atoms with van der Waals surface area (Å²) < 4.78 is 32.6. The Labute approximate surface area is 154 Å². The van der Waals surface area contributed by atoms with Crippen LogP contribution in [0.2, 0.25) is 0 Å². The van der Waals surface area contributed by atoms with Crippen LogP contribution >= 0.6 is 0 Å². The molecular formula is C19H24N2O4S. The molecule has 26 heavy (non-hydrogen) atoms. The van der Waals surface area contributed by atoms with Gasteiger partial charge in [0.1, 0.15) is 5.75 Å². The van der Waals surface area contributed by atoms with E-state index in [1.165, 1.54) is 19.1 Å². The largest absolute Gasteiger partial charge is 0.494 e. The maximum atomic E-state index is 12.4. The van der Waals surface area contributed by atoms with Crippen molar-refractivity contribution >= 4 is 21.6 Å². The zero-order valence-electron chi connectivity index (χ0n) is 15.4. The summed E-state index contributed by atoms with van der Waals surface area (Å²) in [4.78, 5) is 12.4. The van der Waals surface area contributed by atoms with Gasteiger partial charge in [-0.1, -0.05) is 6.07 Å². The van der Waals surface area contributed by atoms with Crippen molar-refractivity contribution in [2.24, 2.45) is 0 Å². The van der Waals surface area contributed by atoms with Gasteiger partial charge in [0, 0.05) is 5.69 Å². The highest BCUT2D eigenvalue weighted by atomic mass is 32.2. The van der Waals surface area contributed by atoms with E-state index >= 15 is 0 Å². The van der Waals surface area contributed by atoms with Crippen molar-refractivity contribution in [2.45, 2.75) is 38.6 Å². The molecule has 0 aliphatic rings. The molecule has 140 valence electrons. The van der Waals surface area contributed by atoms with Gasteiger partial charge in [-0.2, -0.15) is 4.72 Å². The van der Waals surface area contributed by atoms with Crippen LogP contribution in [0.25, 0.3) is 0 Å². The normalized spacial score (nSPS) is 12.5. The molecular weight excluding hydrogens is 352 g/mol. The van der Waals surface area contributed by atoms with E-state index in [2.05, 4.69) is 10.0 Å². The first kappa shape index (κ1) is 19.9. The van der Waals surface area contributed by atoms with Gasteiger partial charge in [-0.15, -0.1) is 0 Å². The first-order chi connectivity index (χ1) is 12.2. The summed E-state index contributed by atoms with van der Waals surface area (Å²) in [5.41, 5.74) is 2.79. The maximum Gasteiger partial charge on any atom is 0.242 e. The molecule has 2 N–H and O–H groups in total. The molecule has 0 fully saturated rings. The average molecular weight is 376 g/mol. The van der Waals surface area contributed by atoms with Crippen molar-refractivity contribution in [2.75, 3.05) is 11.9 Å². The van der Waals surface area contributed by atoms with E-state index in [1.807, 2.05) is 32.9 Å². The van der Waals surface area contributed by atoms with Gasteiger partial charge in [0.05, 0.1) is 17.5 Å². The first-order valence-electron chi connectivity index (χ1n) is 8.36. The SMILES string of the molecule is CCOc1ccc(S(=O)(=O)N[C@@H](C)C(=O)Nc2ccc(C)c(C)c2)cc1. The molecule has 2 aromatic rings. The lowest BCUT2D eigenvalue weighted by molar-refractivity contribution is -0.117. The molecule has 0 spiro atoms. The number of benzene rings is 2. The van der Waals surface area contributed by atoms with E-state index in [-0.39, 0.29) is 4.90 Å². The quantitative estimate of drug-likeness (QED) is 0.778. The minimum Gasteiger partial charge on any atom is -0.494 e. The van der Waals surface area contributed by atoms with Crippen LogP contribution in [0.4, 0.5) is 5.69 Å². The number of amides is 1. The van der Waals surface area contributed by atoms with E-state index in [9.17, 15) is 13.2 Å². The molecule has 0 aliphatic heterocycles. The molecule has 0 saturated carbocycles. The lowest BCUT2D eigenvalue weighted by Crippen LogP contribution is -2.41. The Hall–Kier alpha value is -2.38. The number of hydrogen-bond donors (Lipinski definition) is 2. The van der Waals surface area contributed by atoms with Crippen molar-refractivity contribution in [3.8, 4) is 5.75 Å². The number of nitrogens with one attached hydrogen (secondary N) is 2. The molecule has 2 aromatic carbocycles. The third kappa shape index (κ3) is 5.06. The molecule has 1 amide bonds. The molecule has 0 bridgehead atoms. The highest BCUT2D eigenvalue weighted by molar-refractivity contribution is 7.89. The molecule has 0 radical (unpaired) electrons. The molecule has 0 aliphatic carbocycles. The van der Waals surface area contributed by atoms with E-state index in [0.717, 1.165) is 11.1 Å². The fourth-order valence-electron chi connectivity index (χ4n) is 2.31. The van der Waals surface area contributed by atoms with Crippen LogP contribution in [0.1, 0.15) is 25.0 Å². The summed E-state index contributed by atoms with van der Waals surface area (Å²) in [5.74, 6) is 0.162. The van der Waals surface area contributed by atoms with Gasteiger partial charge < -0.3 is 10.1 Å². The second-order valence-electron chi connectivity index (χ2n) is 6.04. The van der Waals surface area contributed by atoms with Crippen molar-refractivity contribution in [3.05, 3.63) is 53.6 Å². The smallest absolute Gasteiger partial charge is 0.242 e. The monoisotopic (exact) mass is 376 g/mol. The van der Waals surface area contributed by atoms with Gasteiger partial charge in [0.25, 0.3) is 0 Å². The third-order valence-corrected chi connectivity index (χ3v) is 5.50. The standard InChI is InChI=1S/C19H24N2O4S/c1-5-25-17-8-10-18(11-9-17)26(23,24)21-15(4)19(22)20-16-7-6-13(2)14(3)12-16/h6-12,15,21H,5H2,1-4H3,(H,20,22)/t15-/m0/s1. The Bertz CT molecular complexity index is 877. The van der Waals surface area contributed by atoms with Gasteiger partial charge in [0.2, 0.25) is 15.9 Å². The molecule has 0 heterocycles. The van der Waals surface area contributed by atoms with Gasteiger partial charge in [-0.25, -0.2) is 8.42 Å². The van der Waals surface area contributed by atoms with Crippen molar-refractivity contribution in [1.29, 1.82) is 0 Å². The van der Waals surface area contributed by atoms with Gasteiger partial charge >= 0.3 is 0 Å². The van der Waals surface area contributed by atoms with Crippen LogP contribution < -0.4 is 14.8 Å². The van der Waals surface area contributed by atoms with Crippen LogP contribution in [-0.2, 0) is 14.8 Å². The summed E-state index contributed by atoms with van der Waals surface area (Å²) in [6, 6.07) is 10.7. The van der Waals surface area contributed by atoms with Crippen molar-refractivity contribution < 1.29 is 17.9 Å². The third-order valence-electron chi connectivity index (χ3n) is 3.94. The number of aryl methyl sites for hydroxylation is 2. The minimum absolute atomic E-state index is 0.0757. The van der Waals surface area contributed by atoms with Crippen molar-refractivity contribution in [1.82, 2.24) is 4.72 Å². The number of ether oxygens (including phenoxy) is 1. The lowest BCUT2D eigenvalue weighted by Gasteiger charge is -2.15. The van der Waals surface area contributed by atoms with E-state index in [1.54, 1.807) is 18.2 Å². The second-order valence-corrected chi connectivity index (χ2v) is 7.75. The molecule has 7 heteroatoms. The molecule has 1 atom stereocenters. The number of sulfonamides is 1. The fourth-order valence-corrected chi connectivity index (χ4v) is 3.51. The van der Waals surface area contributed by atoms with Crippen LogP contribution in [0.5, 0.6) is 5.75 Å². The van der Waals surface area contributed by atoms with E-state index in [4.69, 9.17) is 4.74 Å². The first-order valence-corrected chi connectivity index (χ1v) is 9.84. The van der Waals surface area contributed by atoms with Crippen molar-refractivity contribution in [3.63, 3.8) is 0 Å². The second kappa shape index (κ2) is 8.33. The van der Waals surface area contributed by atoms with Crippen LogP contribution in [0, 0.1) is 13.8 Å². The summed E-state index contributed by atoms with van der Waals surface area (Å²) in [6.07, 6.45) is 0. The van der Waals surface area contributed by atoms with Gasteiger partial charge in [-0.05, 0) is 75.2 Å². The summed E-state index contributed by atoms with van der Waals surface area (Å²) in [6.45, 7) is 7.78. The topological polar surface area (TPSA) is 84.5 Å². The average Bonchev–Trinajstić information content (AvgIpc) is 2.58. The van der Waals surface area contributed by atoms with Crippen LogP contribution in [0.15, 0.2) is 47.4 Å². The Morgan fingerprint density at radius 3 is 2.31 bits per heavy atom. The fraction of sp³-hybridized carbons (Fsp3) is 0.316. The van der Waals surface area contributed by atoms with Crippen LogP contribution in [-0.4, -0.2) is 27.0 Å². The number of carbonyl (C=O) groups is 1. The molecule has 0 unspecified atom stereocenters. The highest BCUT2D eigenvalue weighted by Gasteiger charge is 2.22. The molecule has 0 aromatic heterocycles. The lowest BCUT2D eigenvalue weighted by atomic mass is 10.1. The summed E-state index contributed by atoms with van der Waals surface area (Å²) >= 11 is 0. The Kier molecular flexibility index (Phi) is 6.39. The predicted octanol–water partition coefficient (Wildman–Crippen LogP) is 3.01. The van der Waals surface area contributed by atoms with Gasteiger partial charge in [0.15, 0.2) is 0 Å². The summed E-state index contributed by atoms with van der Waals surface area (Å²) in [7, 11) is -3.81. The van der Waals surface area contributed by atoms with Gasteiger partial charge in [-0.3, -0.25) is 4.79 Å². The van der Waals surface area contributed by atoms with Crippen LogP contribution in [0.3, 0.4) is 0 Å². The number of carbonyl (C=O) groups excluding carboxylic acids is 1. The number of anilines is 1. The molecule has 6 nitrogen and oxygen atoms in total. The Balaban J connectivity index is 2.05. The summed E-state index contributed by atoms with van der Waals surface area (Å²) in [5, 5.41) is 2.72. The zero-order chi connectivity index (χ0) is 19.3. The molecule has 0 saturated heterocycles. The highest BCUT2D eigenvalue weighted by Crippen LogP contribution is 2.17. The minimum atomic E-state index is -3.81. The molecule has 2 rings (SSSR count). The zero-order valence-corrected chi connectivity index (χ0v) is 16.2. The number of hydrogen-bond acceptors (Lipinski definition) is 4. The predicted molar refractivity (Wildman–Crippen MR) is 102 cm³/mol. The van der Waals surface area contributed by atoms with E-state index < -0.39 is 22.0 Å². The Morgan fingerprint density at radius 1 is 1.08 bits per heavy atom.